The third kappa shape index (κ3) is 5.87. The number of rotatable bonds is 5. The molecular formula is C53H31N7. The molecule has 7 heterocycles. The SMILES string of the molecule is c1ccc(-c2ccc3cc(-c4ccc5nc(-c6cc(-c7ccc8ccc9cccnc9c8n7)cc(-c7ccc8ccc9cccnc9c8n7)c6)ccc5c4)ccc3n2)nc1. The fourth-order valence-corrected chi connectivity index (χ4v) is 8.27. The second-order valence-electron chi connectivity index (χ2n) is 15.0. The second kappa shape index (κ2) is 13.7. The van der Waals surface area contributed by atoms with Gasteiger partial charge in [0.2, 0.25) is 0 Å². The maximum atomic E-state index is 5.24. The molecule has 0 aliphatic heterocycles. The predicted octanol–water partition coefficient (Wildman–Crippen LogP) is 12.7. The Morgan fingerprint density at radius 1 is 0.233 bits per heavy atom. The summed E-state index contributed by atoms with van der Waals surface area (Å²) in [6, 6.07) is 58.6. The number of fused-ring (bicyclic) bond motifs is 8. The number of hydrogen-bond acceptors (Lipinski definition) is 7. The normalized spacial score (nSPS) is 11.7. The molecule has 0 saturated heterocycles. The van der Waals surface area contributed by atoms with Gasteiger partial charge in [-0.1, -0.05) is 78.9 Å². The molecule has 12 aromatic rings. The molecule has 0 saturated carbocycles. The molecule has 7 aromatic heterocycles. The fraction of sp³-hybridized carbons (Fsp3) is 0. The van der Waals surface area contributed by atoms with Crippen molar-refractivity contribution in [3.63, 3.8) is 0 Å². The molecule has 0 atom stereocenters. The zero-order valence-electron chi connectivity index (χ0n) is 32.0. The molecular weight excluding hydrogens is 735 g/mol. The van der Waals surface area contributed by atoms with E-state index in [-0.39, 0.29) is 0 Å². The first-order valence-electron chi connectivity index (χ1n) is 19.9. The van der Waals surface area contributed by atoms with Crippen molar-refractivity contribution in [2.75, 3.05) is 0 Å². The molecule has 0 bridgehead atoms. The van der Waals surface area contributed by atoms with E-state index in [1.54, 1.807) is 6.20 Å². The third-order valence-corrected chi connectivity index (χ3v) is 11.3. The minimum absolute atomic E-state index is 0.848. The highest BCUT2D eigenvalue weighted by molar-refractivity contribution is 6.05. The van der Waals surface area contributed by atoms with Crippen LogP contribution in [0.5, 0.6) is 0 Å². The fourth-order valence-electron chi connectivity index (χ4n) is 8.27. The van der Waals surface area contributed by atoms with Crippen molar-refractivity contribution < 1.29 is 0 Å². The molecule has 7 heteroatoms. The van der Waals surface area contributed by atoms with Gasteiger partial charge in [-0.2, -0.15) is 0 Å². The molecule has 0 radical (unpaired) electrons. The minimum Gasteiger partial charge on any atom is -0.255 e. The Bertz CT molecular complexity index is 3540. The zero-order valence-corrected chi connectivity index (χ0v) is 32.0. The molecule has 0 aliphatic carbocycles. The van der Waals surface area contributed by atoms with Crippen molar-refractivity contribution in [2.24, 2.45) is 0 Å². The lowest BCUT2D eigenvalue weighted by Crippen LogP contribution is -1.93. The lowest BCUT2D eigenvalue weighted by Gasteiger charge is -2.13. The average Bonchev–Trinajstić information content (AvgIpc) is 3.33. The van der Waals surface area contributed by atoms with E-state index in [1.807, 2.05) is 48.8 Å². The van der Waals surface area contributed by atoms with Crippen LogP contribution >= 0.6 is 0 Å². The molecule has 0 amide bonds. The van der Waals surface area contributed by atoms with Crippen LogP contribution in [-0.2, 0) is 0 Å². The molecule has 0 spiro atoms. The maximum absolute atomic E-state index is 5.24. The van der Waals surface area contributed by atoms with Gasteiger partial charge in [-0.3, -0.25) is 15.0 Å². The number of benzene rings is 5. The predicted molar refractivity (Wildman–Crippen MR) is 243 cm³/mol. The lowest BCUT2D eigenvalue weighted by molar-refractivity contribution is 1.28. The Morgan fingerprint density at radius 3 is 1.18 bits per heavy atom. The van der Waals surface area contributed by atoms with Gasteiger partial charge in [-0.25, -0.2) is 19.9 Å². The van der Waals surface area contributed by atoms with E-state index in [4.69, 9.17) is 29.9 Å². The first-order valence-corrected chi connectivity index (χ1v) is 19.9. The molecule has 5 aromatic carbocycles. The number of pyridine rings is 7. The molecule has 0 fully saturated rings. The van der Waals surface area contributed by atoms with Gasteiger partial charge < -0.3 is 0 Å². The number of hydrogen-bond donors (Lipinski definition) is 0. The summed E-state index contributed by atoms with van der Waals surface area (Å²) in [5.41, 5.74) is 14.8. The van der Waals surface area contributed by atoms with Crippen LogP contribution in [0.15, 0.2) is 188 Å². The van der Waals surface area contributed by atoms with Crippen LogP contribution in [0.3, 0.4) is 0 Å². The molecule has 278 valence electrons. The van der Waals surface area contributed by atoms with Gasteiger partial charge in [-0.15, -0.1) is 0 Å². The largest absolute Gasteiger partial charge is 0.255 e. The Labute approximate surface area is 343 Å². The van der Waals surface area contributed by atoms with E-state index in [0.717, 1.165) is 122 Å². The van der Waals surface area contributed by atoms with Crippen LogP contribution in [0.1, 0.15) is 0 Å². The van der Waals surface area contributed by atoms with Crippen LogP contribution in [0.25, 0.3) is 122 Å². The van der Waals surface area contributed by atoms with Crippen molar-refractivity contribution in [2.45, 2.75) is 0 Å². The highest BCUT2D eigenvalue weighted by Gasteiger charge is 2.15. The van der Waals surface area contributed by atoms with Crippen molar-refractivity contribution in [1.29, 1.82) is 0 Å². The van der Waals surface area contributed by atoms with Crippen LogP contribution < -0.4 is 0 Å². The van der Waals surface area contributed by atoms with Gasteiger partial charge in [0.1, 0.15) is 0 Å². The minimum atomic E-state index is 0.848. The van der Waals surface area contributed by atoms with Crippen molar-refractivity contribution >= 4 is 65.4 Å². The third-order valence-electron chi connectivity index (χ3n) is 11.3. The standard InChI is InChI=1S/C53H31N7/c1-2-24-54-48(7-1)49-23-17-39-28-37(15-21-44(39)58-49)36-14-20-43-38(27-36)16-22-45(57-43)40-29-41(46-18-12-34-10-8-32-5-3-25-55-50(32)52(34)59-46)31-42(30-40)47-19-13-35-11-9-33-6-4-26-56-51(33)53(35)60-47/h1-31H. The first-order chi connectivity index (χ1) is 29.7. The van der Waals surface area contributed by atoms with Crippen molar-refractivity contribution in [3.05, 3.63) is 188 Å². The quantitative estimate of drug-likeness (QED) is 0.161. The topological polar surface area (TPSA) is 90.2 Å². The van der Waals surface area contributed by atoms with Crippen molar-refractivity contribution in [1.82, 2.24) is 34.9 Å². The Morgan fingerprint density at radius 2 is 0.667 bits per heavy atom. The van der Waals surface area contributed by atoms with E-state index in [0.29, 0.717) is 0 Å². The second-order valence-corrected chi connectivity index (χ2v) is 15.0. The zero-order chi connectivity index (χ0) is 39.6. The van der Waals surface area contributed by atoms with E-state index >= 15 is 0 Å². The van der Waals surface area contributed by atoms with Crippen LogP contribution in [0, 0.1) is 0 Å². The Hall–Kier alpha value is -8.29. The summed E-state index contributed by atoms with van der Waals surface area (Å²) in [4.78, 5) is 34.5. The number of aromatic nitrogens is 7. The van der Waals surface area contributed by atoms with Crippen LogP contribution in [0.2, 0.25) is 0 Å². The highest BCUT2D eigenvalue weighted by atomic mass is 14.8. The molecule has 0 unspecified atom stereocenters. The van der Waals surface area contributed by atoms with Gasteiger partial charge >= 0.3 is 0 Å². The molecule has 7 nitrogen and oxygen atoms in total. The van der Waals surface area contributed by atoms with Gasteiger partial charge in [0.15, 0.2) is 0 Å². The van der Waals surface area contributed by atoms with E-state index < -0.39 is 0 Å². The summed E-state index contributed by atoms with van der Waals surface area (Å²) in [7, 11) is 0. The number of nitrogens with zero attached hydrogens (tertiary/aromatic N) is 7. The lowest BCUT2D eigenvalue weighted by atomic mass is 9.97. The summed E-state index contributed by atoms with van der Waals surface area (Å²) >= 11 is 0. The Kier molecular flexibility index (Phi) is 7.71. The molecule has 0 N–H and O–H groups in total. The average molecular weight is 766 g/mol. The van der Waals surface area contributed by atoms with E-state index in [9.17, 15) is 0 Å². The Balaban J connectivity index is 0.964. The first kappa shape index (κ1) is 33.8. The summed E-state index contributed by atoms with van der Waals surface area (Å²) in [6.45, 7) is 0. The molecule has 0 aliphatic rings. The maximum Gasteiger partial charge on any atom is 0.0972 e. The smallest absolute Gasteiger partial charge is 0.0972 e. The van der Waals surface area contributed by atoms with Gasteiger partial charge in [0.25, 0.3) is 0 Å². The van der Waals surface area contributed by atoms with E-state index in [2.05, 4.69) is 138 Å². The summed E-state index contributed by atoms with van der Waals surface area (Å²) in [5, 5.41) is 6.34. The van der Waals surface area contributed by atoms with Gasteiger partial charge in [0.05, 0.1) is 61.6 Å². The summed E-state index contributed by atoms with van der Waals surface area (Å²) < 4.78 is 0. The molecule has 12 rings (SSSR count). The summed E-state index contributed by atoms with van der Waals surface area (Å²) in [5.74, 6) is 0. The van der Waals surface area contributed by atoms with Crippen LogP contribution in [-0.4, -0.2) is 34.9 Å². The van der Waals surface area contributed by atoms with Crippen LogP contribution in [0.4, 0.5) is 0 Å². The highest BCUT2D eigenvalue weighted by Crippen LogP contribution is 2.36. The van der Waals surface area contributed by atoms with E-state index in [1.165, 1.54) is 0 Å². The van der Waals surface area contributed by atoms with Gasteiger partial charge in [-0.05, 0) is 102 Å². The van der Waals surface area contributed by atoms with Gasteiger partial charge in [0, 0.05) is 67.6 Å². The summed E-state index contributed by atoms with van der Waals surface area (Å²) in [6.07, 6.45) is 5.44. The van der Waals surface area contributed by atoms with Crippen molar-refractivity contribution in [3.8, 4) is 56.3 Å². The molecule has 60 heavy (non-hydrogen) atoms. The monoisotopic (exact) mass is 765 g/mol.